The molecule has 3 rings (SSSR count). The highest BCUT2D eigenvalue weighted by Gasteiger charge is 2.20. The lowest BCUT2D eigenvalue weighted by Gasteiger charge is -2.10. The van der Waals surface area contributed by atoms with Crippen molar-refractivity contribution in [3.8, 4) is 23.3 Å². The number of benzene rings is 2. The van der Waals surface area contributed by atoms with Crippen molar-refractivity contribution >= 4 is 5.78 Å². The van der Waals surface area contributed by atoms with E-state index in [0.717, 1.165) is 5.56 Å². The van der Waals surface area contributed by atoms with E-state index in [9.17, 15) is 10.1 Å². The lowest BCUT2D eigenvalue weighted by atomic mass is 9.92. The molecular weight excluding hydrogens is 294 g/mol. The highest BCUT2D eigenvalue weighted by molar-refractivity contribution is 5.96. The number of fused-ring (bicyclic) bond motifs is 1. The molecule has 0 fully saturated rings. The maximum absolute atomic E-state index is 12.4. The minimum atomic E-state index is -0.529. The summed E-state index contributed by atoms with van der Waals surface area (Å²) < 4.78 is 15.6. The van der Waals surface area contributed by atoms with Crippen molar-refractivity contribution in [2.75, 3.05) is 13.9 Å². The summed E-state index contributed by atoms with van der Waals surface area (Å²) in [5.74, 6) is 1.34. The quantitative estimate of drug-likeness (QED) is 0.793. The predicted octanol–water partition coefficient (Wildman–Crippen LogP) is 3.30. The van der Waals surface area contributed by atoms with Gasteiger partial charge < -0.3 is 14.2 Å². The SMILES string of the molecule is COc1ccc(C(=O)C[C@H](C#N)c2ccc3c(c2)OCO3)cc1. The van der Waals surface area contributed by atoms with E-state index in [1.807, 2.05) is 0 Å². The number of hydrogen-bond donors (Lipinski definition) is 0. The Morgan fingerprint density at radius 3 is 2.65 bits per heavy atom. The van der Waals surface area contributed by atoms with Crippen molar-refractivity contribution in [3.05, 3.63) is 53.6 Å². The van der Waals surface area contributed by atoms with E-state index in [4.69, 9.17) is 14.2 Å². The van der Waals surface area contributed by atoms with Crippen LogP contribution in [0.3, 0.4) is 0 Å². The van der Waals surface area contributed by atoms with Crippen LogP contribution >= 0.6 is 0 Å². The molecule has 2 aromatic rings. The molecule has 5 nitrogen and oxygen atoms in total. The van der Waals surface area contributed by atoms with Gasteiger partial charge in [0, 0.05) is 12.0 Å². The number of ether oxygens (including phenoxy) is 3. The number of hydrogen-bond acceptors (Lipinski definition) is 5. The molecule has 0 bridgehead atoms. The minimum Gasteiger partial charge on any atom is -0.497 e. The summed E-state index contributed by atoms with van der Waals surface area (Å²) >= 11 is 0. The molecule has 1 aliphatic rings. The molecule has 0 spiro atoms. The number of carbonyl (C=O) groups is 1. The van der Waals surface area contributed by atoms with Gasteiger partial charge in [-0.2, -0.15) is 5.26 Å². The Labute approximate surface area is 134 Å². The van der Waals surface area contributed by atoms with Gasteiger partial charge in [-0.3, -0.25) is 4.79 Å². The summed E-state index contributed by atoms with van der Waals surface area (Å²) in [6.07, 6.45) is 0.114. The molecule has 116 valence electrons. The zero-order chi connectivity index (χ0) is 16.2. The van der Waals surface area contributed by atoms with Crippen LogP contribution in [0.5, 0.6) is 17.2 Å². The molecule has 5 heteroatoms. The van der Waals surface area contributed by atoms with Crippen molar-refractivity contribution in [2.45, 2.75) is 12.3 Å². The van der Waals surface area contributed by atoms with E-state index in [2.05, 4.69) is 6.07 Å². The molecule has 0 unspecified atom stereocenters. The van der Waals surface area contributed by atoms with E-state index in [1.165, 1.54) is 0 Å². The van der Waals surface area contributed by atoms with Crippen molar-refractivity contribution in [1.29, 1.82) is 5.26 Å². The first-order chi connectivity index (χ1) is 11.2. The molecule has 0 aliphatic carbocycles. The van der Waals surface area contributed by atoms with Crippen molar-refractivity contribution in [2.24, 2.45) is 0 Å². The second-order valence-corrected chi connectivity index (χ2v) is 5.15. The standard InChI is InChI=1S/C18H15NO4/c1-21-15-5-2-12(3-6-15)16(20)8-14(10-19)13-4-7-17-18(9-13)23-11-22-17/h2-7,9,14H,8,11H2,1H3/t14-/m1/s1. The van der Waals surface area contributed by atoms with Gasteiger partial charge in [-0.1, -0.05) is 6.07 Å². The number of nitrogens with zero attached hydrogens (tertiary/aromatic N) is 1. The van der Waals surface area contributed by atoms with Crippen LogP contribution in [0.2, 0.25) is 0 Å². The Kier molecular flexibility index (Phi) is 4.15. The fourth-order valence-corrected chi connectivity index (χ4v) is 2.45. The molecule has 1 atom stereocenters. The van der Waals surface area contributed by atoms with Crippen LogP contribution in [0.1, 0.15) is 28.3 Å². The predicted molar refractivity (Wildman–Crippen MR) is 82.9 cm³/mol. The molecule has 23 heavy (non-hydrogen) atoms. The average molecular weight is 309 g/mol. The van der Waals surface area contributed by atoms with E-state index >= 15 is 0 Å². The maximum atomic E-state index is 12.4. The molecule has 0 N–H and O–H groups in total. The lowest BCUT2D eigenvalue weighted by molar-refractivity contribution is 0.0979. The Hall–Kier alpha value is -3.00. The topological polar surface area (TPSA) is 68.6 Å². The van der Waals surface area contributed by atoms with Gasteiger partial charge in [-0.25, -0.2) is 0 Å². The minimum absolute atomic E-state index is 0.0862. The summed E-state index contributed by atoms with van der Waals surface area (Å²) in [7, 11) is 1.57. The normalized spacial score (nSPS) is 13.2. The fraction of sp³-hybridized carbons (Fsp3) is 0.222. The number of nitriles is 1. The molecule has 0 amide bonds. The van der Waals surface area contributed by atoms with Gasteiger partial charge in [0.15, 0.2) is 17.3 Å². The molecule has 0 saturated heterocycles. The van der Waals surface area contributed by atoms with E-state index < -0.39 is 5.92 Å². The zero-order valence-electron chi connectivity index (χ0n) is 12.6. The molecule has 0 radical (unpaired) electrons. The summed E-state index contributed by atoms with van der Waals surface area (Å²) in [4.78, 5) is 12.4. The summed E-state index contributed by atoms with van der Waals surface area (Å²) in [5, 5.41) is 9.41. The van der Waals surface area contributed by atoms with Gasteiger partial charge in [-0.05, 0) is 42.0 Å². The molecular formula is C18H15NO4. The van der Waals surface area contributed by atoms with Crippen LogP contribution in [0.25, 0.3) is 0 Å². The number of methoxy groups -OCH3 is 1. The van der Waals surface area contributed by atoms with Crippen molar-refractivity contribution < 1.29 is 19.0 Å². The number of carbonyl (C=O) groups excluding carboxylic acids is 1. The first-order valence-corrected chi connectivity index (χ1v) is 7.17. The van der Waals surface area contributed by atoms with Crippen LogP contribution in [-0.2, 0) is 0 Å². The summed E-state index contributed by atoms with van der Waals surface area (Å²) in [5.41, 5.74) is 1.31. The van der Waals surface area contributed by atoms with E-state index in [-0.39, 0.29) is 19.0 Å². The van der Waals surface area contributed by atoms with Crippen LogP contribution in [0.15, 0.2) is 42.5 Å². The largest absolute Gasteiger partial charge is 0.497 e. The molecule has 1 heterocycles. The highest BCUT2D eigenvalue weighted by Crippen LogP contribution is 2.35. The van der Waals surface area contributed by atoms with Gasteiger partial charge in [0.25, 0.3) is 0 Å². The Balaban J connectivity index is 1.76. The third-order valence-electron chi connectivity index (χ3n) is 3.76. The fourth-order valence-electron chi connectivity index (χ4n) is 2.45. The van der Waals surface area contributed by atoms with Crippen LogP contribution in [0.4, 0.5) is 0 Å². The van der Waals surface area contributed by atoms with Crippen molar-refractivity contribution in [3.63, 3.8) is 0 Å². The van der Waals surface area contributed by atoms with Crippen LogP contribution in [0, 0.1) is 11.3 Å². The third-order valence-corrected chi connectivity index (χ3v) is 3.76. The van der Waals surface area contributed by atoms with Crippen LogP contribution in [-0.4, -0.2) is 19.7 Å². The number of Topliss-reactive ketones (excluding diaryl/α,β-unsaturated/α-hetero) is 1. The summed E-state index contributed by atoms with van der Waals surface area (Å²) in [6.45, 7) is 0.181. The molecule has 1 aliphatic heterocycles. The Morgan fingerprint density at radius 2 is 1.96 bits per heavy atom. The Bertz CT molecular complexity index is 762. The first-order valence-electron chi connectivity index (χ1n) is 7.17. The molecule has 2 aromatic carbocycles. The Morgan fingerprint density at radius 1 is 1.22 bits per heavy atom. The zero-order valence-corrected chi connectivity index (χ0v) is 12.6. The van der Waals surface area contributed by atoms with Gasteiger partial charge in [0.2, 0.25) is 6.79 Å². The number of ketones is 1. The van der Waals surface area contributed by atoms with Gasteiger partial charge >= 0.3 is 0 Å². The summed E-state index contributed by atoms with van der Waals surface area (Å²) in [6, 6.07) is 14.4. The van der Waals surface area contributed by atoms with E-state index in [1.54, 1.807) is 49.6 Å². The van der Waals surface area contributed by atoms with E-state index in [0.29, 0.717) is 22.8 Å². The third kappa shape index (κ3) is 3.11. The maximum Gasteiger partial charge on any atom is 0.231 e. The molecule has 0 aromatic heterocycles. The van der Waals surface area contributed by atoms with Crippen LogP contribution < -0.4 is 14.2 Å². The van der Waals surface area contributed by atoms with Gasteiger partial charge in [0.1, 0.15) is 5.75 Å². The highest BCUT2D eigenvalue weighted by atomic mass is 16.7. The second kappa shape index (κ2) is 6.41. The monoisotopic (exact) mass is 309 g/mol. The van der Waals surface area contributed by atoms with Crippen molar-refractivity contribution in [1.82, 2.24) is 0 Å². The first kappa shape index (κ1) is 14.9. The lowest BCUT2D eigenvalue weighted by Crippen LogP contribution is -2.06. The second-order valence-electron chi connectivity index (χ2n) is 5.15. The molecule has 0 saturated carbocycles. The average Bonchev–Trinajstić information content (AvgIpc) is 3.07. The number of rotatable bonds is 5. The van der Waals surface area contributed by atoms with Gasteiger partial charge in [0.05, 0.1) is 19.1 Å². The van der Waals surface area contributed by atoms with Gasteiger partial charge in [-0.15, -0.1) is 0 Å². The smallest absolute Gasteiger partial charge is 0.231 e.